The maximum Gasteiger partial charge on any atom is 0.337 e. The summed E-state index contributed by atoms with van der Waals surface area (Å²) >= 11 is 6.04. The van der Waals surface area contributed by atoms with Crippen LogP contribution in [0.3, 0.4) is 0 Å². The first-order valence-corrected chi connectivity index (χ1v) is 5.96. The van der Waals surface area contributed by atoms with Crippen LogP contribution in [0.4, 0.5) is 5.82 Å². The second-order valence-electron chi connectivity index (χ2n) is 4.69. The molecule has 0 aromatic carbocycles. The predicted molar refractivity (Wildman–Crippen MR) is 66.7 cm³/mol. The summed E-state index contributed by atoms with van der Waals surface area (Å²) in [6.45, 7) is 3.14. The van der Waals surface area contributed by atoms with Crippen molar-refractivity contribution in [3.63, 3.8) is 0 Å². The van der Waals surface area contributed by atoms with Crippen LogP contribution in [0.1, 0.15) is 23.7 Å². The lowest BCUT2D eigenvalue weighted by atomic mass is 10.2. The normalized spacial score (nSPS) is 22.3. The molecule has 2 atom stereocenters. The van der Waals surface area contributed by atoms with Gasteiger partial charge in [0.05, 0.1) is 10.6 Å². The summed E-state index contributed by atoms with van der Waals surface area (Å²) in [7, 11) is 1.93. The van der Waals surface area contributed by atoms with Crippen LogP contribution < -0.4 is 4.90 Å². The second-order valence-corrected chi connectivity index (χ2v) is 5.10. The Kier molecular flexibility index (Phi) is 3.24. The van der Waals surface area contributed by atoms with Gasteiger partial charge in [-0.3, -0.25) is 0 Å². The Bertz CT molecular complexity index is 450. The Morgan fingerprint density at radius 3 is 2.82 bits per heavy atom. The van der Waals surface area contributed by atoms with Gasteiger partial charge in [0.15, 0.2) is 0 Å². The van der Waals surface area contributed by atoms with Crippen LogP contribution in [0.15, 0.2) is 12.3 Å². The molecule has 0 saturated heterocycles. The Labute approximate surface area is 105 Å². The first-order chi connectivity index (χ1) is 7.99. The molecule has 1 aromatic heterocycles. The molecule has 0 aliphatic heterocycles. The molecule has 0 spiro atoms. The van der Waals surface area contributed by atoms with Crippen molar-refractivity contribution in [1.29, 1.82) is 0 Å². The fraction of sp³-hybridized carbons (Fsp3) is 0.500. The summed E-state index contributed by atoms with van der Waals surface area (Å²) in [4.78, 5) is 16.9. The van der Waals surface area contributed by atoms with E-state index in [1.807, 2.05) is 11.9 Å². The number of nitrogens with zero attached hydrogens (tertiary/aromatic N) is 2. The fourth-order valence-corrected chi connectivity index (χ4v) is 2.23. The highest BCUT2D eigenvalue weighted by atomic mass is 35.5. The van der Waals surface area contributed by atoms with E-state index in [9.17, 15) is 4.79 Å². The summed E-state index contributed by atoms with van der Waals surface area (Å²) in [5.41, 5.74) is 0.118. The van der Waals surface area contributed by atoms with Crippen molar-refractivity contribution in [3.8, 4) is 0 Å². The fourth-order valence-electron chi connectivity index (χ4n) is 1.92. The molecule has 1 heterocycles. The average Bonchev–Trinajstić information content (AvgIpc) is 2.93. The molecule has 1 aliphatic carbocycles. The van der Waals surface area contributed by atoms with E-state index in [2.05, 4.69) is 11.9 Å². The van der Waals surface area contributed by atoms with Crippen LogP contribution in [0, 0.1) is 11.8 Å². The van der Waals surface area contributed by atoms with Gasteiger partial charge in [-0.15, -0.1) is 0 Å². The molecule has 0 bridgehead atoms. The van der Waals surface area contributed by atoms with Crippen LogP contribution >= 0.6 is 11.6 Å². The van der Waals surface area contributed by atoms with E-state index in [-0.39, 0.29) is 5.56 Å². The Morgan fingerprint density at radius 1 is 1.71 bits per heavy atom. The van der Waals surface area contributed by atoms with Gasteiger partial charge < -0.3 is 10.0 Å². The number of hydrogen-bond donors (Lipinski definition) is 1. The highest BCUT2D eigenvalue weighted by molar-refractivity contribution is 6.33. The predicted octanol–water partition coefficient (Wildman–Crippen LogP) is 2.53. The van der Waals surface area contributed by atoms with Gasteiger partial charge in [0.1, 0.15) is 5.82 Å². The first kappa shape index (κ1) is 12.2. The van der Waals surface area contributed by atoms with Gasteiger partial charge in [0, 0.05) is 19.8 Å². The minimum absolute atomic E-state index is 0.118. The Morgan fingerprint density at radius 2 is 2.35 bits per heavy atom. The number of anilines is 1. The minimum atomic E-state index is -1.01. The third kappa shape index (κ3) is 2.69. The maximum absolute atomic E-state index is 10.8. The smallest absolute Gasteiger partial charge is 0.337 e. The molecular weight excluding hydrogens is 240 g/mol. The van der Waals surface area contributed by atoms with Crippen molar-refractivity contribution in [1.82, 2.24) is 4.98 Å². The number of aromatic carboxylic acids is 1. The number of aromatic nitrogens is 1. The number of rotatable bonds is 4. The molecular formula is C12H15ClN2O2. The minimum Gasteiger partial charge on any atom is -0.478 e. The van der Waals surface area contributed by atoms with Crippen molar-refractivity contribution in [3.05, 3.63) is 22.8 Å². The molecule has 1 saturated carbocycles. The van der Waals surface area contributed by atoms with Crippen molar-refractivity contribution in [2.24, 2.45) is 11.8 Å². The summed E-state index contributed by atoms with van der Waals surface area (Å²) in [6.07, 6.45) is 2.59. The topological polar surface area (TPSA) is 53.4 Å². The van der Waals surface area contributed by atoms with E-state index in [1.54, 1.807) is 0 Å². The average molecular weight is 255 g/mol. The molecule has 0 radical (unpaired) electrons. The molecule has 2 rings (SSSR count). The monoisotopic (exact) mass is 254 g/mol. The summed E-state index contributed by atoms with van der Waals surface area (Å²) < 4.78 is 0. The molecule has 92 valence electrons. The third-order valence-electron chi connectivity index (χ3n) is 3.21. The zero-order chi connectivity index (χ0) is 12.6. The van der Waals surface area contributed by atoms with Gasteiger partial charge in [-0.2, -0.15) is 0 Å². The van der Waals surface area contributed by atoms with Gasteiger partial charge in [-0.1, -0.05) is 18.5 Å². The molecule has 1 aromatic rings. The molecule has 1 aliphatic rings. The van der Waals surface area contributed by atoms with Gasteiger partial charge in [-0.25, -0.2) is 9.78 Å². The van der Waals surface area contributed by atoms with Crippen LogP contribution in [0.2, 0.25) is 5.02 Å². The third-order valence-corrected chi connectivity index (χ3v) is 3.49. The van der Waals surface area contributed by atoms with Crippen LogP contribution in [0.25, 0.3) is 0 Å². The molecule has 5 heteroatoms. The molecule has 1 fully saturated rings. The van der Waals surface area contributed by atoms with E-state index in [4.69, 9.17) is 16.7 Å². The highest BCUT2D eigenvalue weighted by Gasteiger charge is 2.33. The van der Waals surface area contributed by atoms with Crippen molar-refractivity contribution < 1.29 is 9.90 Å². The van der Waals surface area contributed by atoms with Gasteiger partial charge in [-0.05, 0) is 24.3 Å². The van der Waals surface area contributed by atoms with E-state index in [0.717, 1.165) is 12.5 Å². The summed E-state index contributed by atoms with van der Waals surface area (Å²) in [6, 6.07) is 1.44. The zero-order valence-electron chi connectivity index (χ0n) is 9.85. The SMILES string of the molecule is CC1CC1CN(C)c1ncc(C(=O)O)cc1Cl. The van der Waals surface area contributed by atoms with E-state index in [0.29, 0.717) is 16.8 Å². The zero-order valence-corrected chi connectivity index (χ0v) is 10.6. The van der Waals surface area contributed by atoms with Gasteiger partial charge in [0.2, 0.25) is 0 Å². The van der Waals surface area contributed by atoms with Gasteiger partial charge in [0.25, 0.3) is 0 Å². The van der Waals surface area contributed by atoms with Crippen LogP contribution in [0.5, 0.6) is 0 Å². The van der Waals surface area contributed by atoms with E-state index >= 15 is 0 Å². The molecule has 4 nitrogen and oxygen atoms in total. The van der Waals surface area contributed by atoms with Crippen molar-refractivity contribution in [2.75, 3.05) is 18.5 Å². The standard InChI is InChI=1S/C12H15ClN2O2/c1-7-3-9(7)6-15(2)11-10(13)4-8(5-14-11)12(16)17/h4-5,7,9H,3,6H2,1-2H3,(H,16,17). The number of carboxylic acid groups (broad SMARTS) is 1. The molecule has 2 unspecified atom stereocenters. The maximum atomic E-state index is 10.8. The Balaban J connectivity index is 2.12. The lowest BCUT2D eigenvalue weighted by Crippen LogP contribution is -2.22. The number of hydrogen-bond acceptors (Lipinski definition) is 3. The lowest BCUT2D eigenvalue weighted by Gasteiger charge is -2.19. The van der Waals surface area contributed by atoms with Crippen molar-refractivity contribution >= 4 is 23.4 Å². The largest absolute Gasteiger partial charge is 0.478 e. The summed E-state index contributed by atoms with van der Waals surface area (Å²) in [5.74, 6) is 1.12. The molecule has 1 N–H and O–H groups in total. The van der Waals surface area contributed by atoms with Gasteiger partial charge >= 0.3 is 5.97 Å². The first-order valence-electron chi connectivity index (χ1n) is 5.59. The van der Waals surface area contributed by atoms with Crippen LogP contribution in [-0.2, 0) is 0 Å². The number of carboxylic acids is 1. The highest BCUT2D eigenvalue weighted by Crippen LogP contribution is 2.39. The molecule has 17 heavy (non-hydrogen) atoms. The lowest BCUT2D eigenvalue weighted by molar-refractivity contribution is 0.0696. The number of carbonyl (C=O) groups is 1. The summed E-state index contributed by atoms with van der Waals surface area (Å²) in [5, 5.41) is 9.21. The van der Waals surface area contributed by atoms with E-state index < -0.39 is 5.97 Å². The quantitative estimate of drug-likeness (QED) is 0.897. The van der Waals surface area contributed by atoms with E-state index in [1.165, 1.54) is 18.7 Å². The molecule has 0 amide bonds. The second kappa shape index (κ2) is 4.53. The van der Waals surface area contributed by atoms with Crippen LogP contribution in [-0.4, -0.2) is 29.7 Å². The Hall–Kier alpha value is -1.29. The number of pyridine rings is 1. The number of halogens is 1. The van der Waals surface area contributed by atoms with Crippen molar-refractivity contribution in [2.45, 2.75) is 13.3 Å².